The predicted molar refractivity (Wildman–Crippen MR) is 466 cm³/mol. The zero-order valence-electron chi connectivity index (χ0n) is 73.2. The van der Waals surface area contributed by atoms with E-state index in [4.69, 9.17) is 110 Å². The van der Waals surface area contributed by atoms with Gasteiger partial charge in [-0.15, -0.1) is 12.4 Å². The van der Waals surface area contributed by atoms with Crippen LogP contribution in [0.1, 0.15) is 102 Å². The number of carboxylic acid groups (broad SMARTS) is 2. The molecule has 0 unspecified atom stereocenters. The molecule has 132 heavy (non-hydrogen) atoms. The zero-order valence-corrected chi connectivity index (χ0v) is 77.5. The number of esters is 3. The standard InChI is InChI=1S/3C24H33FN7O7P.C2H2O4.ClH.H2O4S/c3*1-13(2)37-21(34)14(3)31-40(35,39-15-9-7-6-8-10-15)36-11-16-18(33)24(4,25)22(38-16)32-12-28-17-19(27-5)29-23(26)30-20(17)32;3-1(4)2(5)6;;1-5(2,3)4/h3*6-10,12-14,16,18,22,33H,11H2,1-5H3,(H,31,35)(H3,26,27,29,30);(H,3,4)(H,5,6);1H;(H2,1,2,3,4)/t3*14-,16+,18+,22+,24+,40-;;;/m000.../s1. The van der Waals surface area contributed by atoms with Gasteiger partial charge < -0.3 is 101 Å². The molecule has 3 aliphatic rings. The summed E-state index contributed by atoms with van der Waals surface area (Å²) in [6, 6.07) is 21.1. The van der Waals surface area contributed by atoms with Gasteiger partial charge in [0.15, 0.2) is 86.6 Å². The lowest BCUT2D eigenvalue weighted by Crippen LogP contribution is -2.41. The minimum atomic E-state index is -4.67. The minimum Gasteiger partial charge on any atom is -0.473 e. The van der Waals surface area contributed by atoms with Gasteiger partial charge in [0.05, 0.1) is 57.1 Å². The first-order valence-corrected chi connectivity index (χ1v) is 45.4. The highest BCUT2D eigenvalue weighted by Gasteiger charge is 2.59. The second-order valence-electron chi connectivity index (χ2n) is 30.0. The zero-order chi connectivity index (χ0) is 97.4. The third kappa shape index (κ3) is 28.3. The van der Waals surface area contributed by atoms with Crippen LogP contribution in [0.15, 0.2) is 110 Å². The number of aromatic nitrogens is 12. The van der Waals surface area contributed by atoms with Crippen molar-refractivity contribution >= 4 is 145 Å². The molecule has 50 nitrogen and oxygen atoms in total. The Hall–Kier alpha value is -11.0. The molecular formula is C74H104ClF3N21O29P3S. The van der Waals surface area contributed by atoms with Crippen molar-refractivity contribution in [3.8, 4) is 17.2 Å². The van der Waals surface area contributed by atoms with E-state index < -0.39 is 192 Å². The number of hydrogen-bond acceptors (Lipinski definition) is 40. The minimum absolute atomic E-state index is 0. The number of aliphatic carboxylic acids is 2. The SMILES string of the molecule is CNc1nc(N)nc2c1ncn2[C@@H]1O[C@H](CO[P@@](=O)(N[C@@H](C)C(=O)OC(C)C)Oc2ccccc2)[C@@H](O)[C@@]1(C)F.CNc1nc(N)nc2c1ncn2[C@@H]1O[C@H](CO[P@@](=O)(N[C@@H](C)C(=O)OC(C)C)Oc2ccccc2)[C@@H](O)[C@@]1(C)F.CNc1nc(N)nc2c1ncn2[C@@H]1O[C@H](CO[P@@](=O)(N[C@@H](C)C(=O)OC(C)C)Oc2ccccc2)[C@@H](O)[C@@]1(C)F.Cl.O=C(O)C(=O)O.O=S(=O)(O)O. The Balaban J connectivity index is 0.000000254. The maximum Gasteiger partial charge on any atom is 0.459 e. The predicted octanol–water partition coefficient (Wildman–Crippen LogP) is 6.63. The van der Waals surface area contributed by atoms with Crippen LogP contribution in [0.3, 0.4) is 0 Å². The highest BCUT2D eigenvalue weighted by molar-refractivity contribution is 7.79. The molecule has 0 spiro atoms. The fourth-order valence-electron chi connectivity index (χ4n) is 12.4. The molecule has 0 amide bonds. The number of fused-ring (bicyclic) bond motifs is 3. The number of nitrogens with two attached hydrogens (primary N) is 3. The number of hydrogen-bond donors (Lipinski definition) is 16. The summed E-state index contributed by atoms with van der Waals surface area (Å²) in [7, 11) is -12.6. The Morgan fingerprint density at radius 3 is 0.864 bits per heavy atom. The molecule has 728 valence electrons. The largest absolute Gasteiger partial charge is 0.473 e. The number of rotatable bonds is 33. The molecule has 12 rings (SSSR count). The Morgan fingerprint density at radius 2 is 0.667 bits per heavy atom. The first-order chi connectivity index (χ1) is 61.2. The summed E-state index contributed by atoms with van der Waals surface area (Å²) in [6.45, 7) is 16.1. The highest BCUT2D eigenvalue weighted by atomic mass is 35.5. The molecule has 0 radical (unpaired) electrons. The number of para-hydroxylation sites is 3. The topological polar surface area (TPSA) is 704 Å². The summed E-state index contributed by atoms with van der Waals surface area (Å²) in [4.78, 5) is 92.7. The van der Waals surface area contributed by atoms with E-state index in [2.05, 4.69) is 76.1 Å². The van der Waals surface area contributed by atoms with Gasteiger partial charge in [0.1, 0.15) is 72.0 Å². The van der Waals surface area contributed by atoms with Gasteiger partial charge in [0.25, 0.3) is 0 Å². The van der Waals surface area contributed by atoms with Crippen molar-refractivity contribution in [1.82, 2.24) is 73.8 Å². The summed E-state index contributed by atoms with van der Waals surface area (Å²) in [5, 5.41) is 63.5. The van der Waals surface area contributed by atoms with Crippen LogP contribution < -0.4 is 62.0 Å². The van der Waals surface area contributed by atoms with E-state index in [1.807, 2.05) is 0 Å². The van der Waals surface area contributed by atoms with Gasteiger partial charge in [-0.3, -0.25) is 50.8 Å². The van der Waals surface area contributed by atoms with Crippen LogP contribution >= 0.6 is 35.6 Å². The summed E-state index contributed by atoms with van der Waals surface area (Å²) in [5.74, 6) is -4.38. The number of nitrogen functional groups attached to an aromatic ring is 3. The smallest absolute Gasteiger partial charge is 0.459 e. The van der Waals surface area contributed by atoms with Crippen molar-refractivity contribution in [1.29, 1.82) is 0 Å². The number of aliphatic hydroxyl groups excluding tert-OH is 3. The van der Waals surface area contributed by atoms with E-state index in [0.717, 1.165) is 20.8 Å². The number of nitrogens with one attached hydrogen (secondary N) is 6. The number of nitrogens with zero attached hydrogens (tertiary/aromatic N) is 12. The average molecular weight is 1970 g/mol. The number of imidazole rings is 3. The quantitative estimate of drug-likeness (QED) is 0.00674. The number of ether oxygens (including phenoxy) is 6. The third-order valence-corrected chi connectivity index (χ3v) is 23.4. The third-order valence-electron chi connectivity index (χ3n) is 18.4. The van der Waals surface area contributed by atoms with Crippen LogP contribution in [-0.4, -0.2) is 262 Å². The molecule has 3 fully saturated rings. The second kappa shape index (κ2) is 45.6. The van der Waals surface area contributed by atoms with E-state index in [1.165, 1.54) is 53.5 Å². The summed E-state index contributed by atoms with van der Waals surface area (Å²) < 4.78 is 191. The Kier molecular flexibility index (Phi) is 37.4. The monoisotopic (exact) mass is 1970 g/mol. The van der Waals surface area contributed by atoms with E-state index >= 15 is 13.2 Å². The lowest BCUT2D eigenvalue weighted by Gasteiger charge is -2.25. The van der Waals surface area contributed by atoms with Crippen LogP contribution in [0.5, 0.6) is 17.2 Å². The molecule has 3 aromatic carbocycles. The molecular weight excluding hydrogens is 1860 g/mol. The Morgan fingerprint density at radius 1 is 0.447 bits per heavy atom. The Labute approximate surface area is 757 Å². The van der Waals surface area contributed by atoms with Gasteiger partial charge in [-0.1, -0.05) is 54.6 Å². The van der Waals surface area contributed by atoms with Crippen LogP contribution in [0, 0.1) is 0 Å². The van der Waals surface area contributed by atoms with Gasteiger partial charge in [0.2, 0.25) is 17.8 Å². The maximum atomic E-state index is 16.0. The maximum absolute atomic E-state index is 16.0. The molecule has 0 saturated carbocycles. The average Bonchev–Trinajstić information content (AvgIpc) is 1.60. The molecule has 19 N–H and O–H groups in total. The normalized spacial score (nSPS) is 23.5. The van der Waals surface area contributed by atoms with Gasteiger partial charge in [0, 0.05) is 21.1 Å². The van der Waals surface area contributed by atoms with Crippen molar-refractivity contribution < 1.29 is 149 Å². The van der Waals surface area contributed by atoms with E-state index in [0.29, 0.717) is 34.0 Å². The van der Waals surface area contributed by atoms with E-state index in [1.54, 1.807) is 154 Å². The van der Waals surface area contributed by atoms with Crippen molar-refractivity contribution in [3.05, 3.63) is 110 Å². The van der Waals surface area contributed by atoms with Crippen molar-refractivity contribution in [2.45, 2.75) is 192 Å². The van der Waals surface area contributed by atoms with Gasteiger partial charge in [-0.25, -0.2) is 51.4 Å². The first-order valence-electron chi connectivity index (χ1n) is 39.4. The molecule has 9 aromatic rings. The van der Waals surface area contributed by atoms with Crippen LogP contribution in [0.4, 0.5) is 48.5 Å². The molecule has 18 atom stereocenters. The number of anilines is 6. The van der Waals surface area contributed by atoms with Crippen molar-refractivity contribution in [3.63, 3.8) is 0 Å². The van der Waals surface area contributed by atoms with Gasteiger partial charge in [-0.2, -0.15) is 53.6 Å². The molecule has 0 aliphatic carbocycles. The van der Waals surface area contributed by atoms with Crippen LogP contribution in [-0.2, 0) is 90.1 Å². The van der Waals surface area contributed by atoms with E-state index in [9.17, 15) is 43.4 Å². The number of aliphatic hydroxyl groups is 3. The fraction of sp³-hybridized carbons (Fsp3) is 0.486. The van der Waals surface area contributed by atoms with Crippen LogP contribution in [0.25, 0.3) is 33.5 Å². The molecule has 0 bridgehead atoms. The number of halogens is 4. The molecule has 3 saturated heterocycles. The fourth-order valence-corrected chi connectivity index (χ4v) is 16.9. The highest BCUT2D eigenvalue weighted by Crippen LogP contribution is 2.52. The summed E-state index contributed by atoms with van der Waals surface area (Å²) >= 11 is 0. The molecule has 58 heteroatoms. The van der Waals surface area contributed by atoms with Crippen molar-refractivity contribution in [2.75, 3.05) is 74.1 Å². The number of carbonyl (C=O) groups excluding carboxylic acids is 3. The number of carbonyl (C=O) groups is 5. The number of benzene rings is 3. The van der Waals surface area contributed by atoms with E-state index in [-0.39, 0.29) is 64.4 Å². The summed E-state index contributed by atoms with van der Waals surface area (Å²) in [6.07, 6.45) is -10.6. The van der Waals surface area contributed by atoms with Gasteiger partial charge >= 0.3 is 63.5 Å². The number of carboxylic acids is 2. The van der Waals surface area contributed by atoms with Crippen molar-refractivity contribution in [2.24, 2.45) is 0 Å². The lowest BCUT2D eigenvalue weighted by molar-refractivity contribution is -0.159. The van der Waals surface area contributed by atoms with Gasteiger partial charge in [-0.05, 0) is 119 Å². The number of alkyl halides is 3. The summed E-state index contributed by atoms with van der Waals surface area (Å²) in [5.41, 5.74) is 11.8. The molecule has 3 aliphatic heterocycles. The molecule has 9 heterocycles. The second-order valence-corrected chi connectivity index (χ2v) is 36.0. The molecule has 6 aromatic heterocycles. The van der Waals surface area contributed by atoms with Crippen LogP contribution in [0.2, 0.25) is 0 Å². The lowest BCUT2D eigenvalue weighted by atomic mass is 9.98. The first kappa shape index (κ1) is 108. The Bertz CT molecular complexity index is 5180.